The van der Waals surface area contributed by atoms with Gasteiger partial charge in [0.25, 0.3) is 5.91 Å². The first-order valence-corrected chi connectivity index (χ1v) is 9.77. The highest BCUT2D eigenvalue weighted by molar-refractivity contribution is 6.30. The topological polar surface area (TPSA) is 63.1 Å². The number of aryl methyl sites for hydroxylation is 1. The minimum atomic E-state index is -0.145. The summed E-state index contributed by atoms with van der Waals surface area (Å²) >= 11 is 6.03. The average molecular weight is 396 g/mol. The Bertz CT molecular complexity index is 978. The van der Waals surface area contributed by atoms with E-state index in [0.717, 1.165) is 43.1 Å². The summed E-state index contributed by atoms with van der Waals surface area (Å²) in [5, 5.41) is 8.12. The molecule has 3 aromatic rings. The fourth-order valence-electron chi connectivity index (χ4n) is 3.42. The van der Waals surface area contributed by atoms with Gasteiger partial charge in [-0.2, -0.15) is 5.10 Å². The Kier molecular flexibility index (Phi) is 5.30. The zero-order valence-corrected chi connectivity index (χ0v) is 16.4. The third-order valence-electron chi connectivity index (χ3n) is 4.92. The lowest BCUT2D eigenvalue weighted by Crippen LogP contribution is -2.45. The lowest BCUT2D eigenvalue weighted by Gasteiger charge is -2.33. The number of nitrogens with one attached hydrogen (secondary N) is 1. The second kappa shape index (κ2) is 8.02. The van der Waals surface area contributed by atoms with Crippen LogP contribution in [0.4, 0.5) is 5.82 Å². The van der Waals surface area contributed by atoms with Crippen molar-refractivity contribution in [2.24, 2.45) is 0 Å². The maximum absolute atomic E-state index is 12.6. The van der Waals surface area contributed by atoms with Crippen LogP contribution in [0.1, 0.15) is 29.0 Å². The summed E-state index contributed by atoms with van der Waals surface area (Å²) in [7, 11) is 0. The number of anilines is 1. The summed E-state index contributed by atoms with van der Waals surface area (Å²) in [4.78, 5) is 19.4. The van der Waals surface area contributed by atoms with Crippen LogP contribution in [0.2, 0.25) is 5.02 Å². The zero-order valence-electron chi connectivity index (χ0n) is 15.7. The van der Waals surface area contributed by atoms with Gasteiger partial charge in [-0.3, -0.25) is 4.79 Å². The molecule has 1 aliphatic rings. The quantitative estimate of drug-likeness (QED) is 0.732. The van der Waals surface area contributed by atoms with E-state index in [0.29, 0.717) is 10.7 Å². The van der Waals surface area contributed by atoms with E-state index in [4.69, 9.17) is 11.6 Å². The third kappa shape index (κ3) is 4.17. The van der Waals surface area contributed by atoms with Gasteiger partial charge in [-0.25, -0.2) is 9.67 Å². The van der Waals surface area contributed by atoms with Crippen LogP contribution in [0.5, 0.6) is 0 Å². The van der Waals surface area contributed by atoms with Crippen LogP contribution < -0.4 is 10.2 Å². The van der Waals surface area contributed by atoms with Crippen molar-refractivity contribution in [3.63, 3.8) is 0 Å². The second-order valence-corrected chi connectivity index (χ2v) is 7.43. The molecule has 4 rings (SSSR count). The summed E-state index contributed by atoms with van der Waals surface area (Å²) in [6, 6.07) is 15.3. The number of piperidine rings is 1. The average Bonchev–Trinajstić information content (AvgIpc) is 3.19. The summed E-state index contributed by atoms with van der Waals surface area (Å²) in [6.45, 7) is 3.75. The molecule has 1 fully saturated rings. The number of aromatic nitrogens is 3. The molecule has 0 atom stereocenters. The van der Waals surface area contributed by atoms with Crippen molar-refractivity contribution in [3.05, 3.63) is 71.1 Å². The monoisotopic (exact) mass is 395 g/mol. The first kappa shape index (κ1) is 18.5. The minimum absolute atomic E-state index is 0.143. The summed E-state index contributed by atoms with van der Waals surface area (Å²) < 4.78 is 1.66. The van der Waals surface area contributed by atoms with Gasteiger partial charge in [0.2, 0.25) is 0 Å². The molecule has 1 N–H and O–H groups in total. The van der Waals surface area contributed by atoms with Gasteiger partial charge in [0, 0.05) is 36.0 Å². The molecule has 3 heterocycles. The predicted molar refractivity (Wildman–Crippen MR) is 110 cm³/mol. The second-order valence-electron chi connectivity index (χ2n) is 7.00. The molecule has 0 aliphatic carbocycles. The fourth-order valence-corrected chi connectivity index (χ4v) is 3.61. The van der Waals surface area contributed by atoms with Gasteiger partial charge >= 0.3 is 0 Å². The fraction of sp³-hybridized carbons (Fsp3) is 0.286. The zero-order chi connectivity index (χ0) is 19.5. The lowest BCUT2D eigenvalue weighted by molar-refractivity contribution is 0.0925. The minimum Gasteiger partial charge on any atom is -0.356 e. The van der Waals surface area contributed by atoms with Crippen LogP contribution in [0, 0.1) is 6.92 Å². The van der Waals surface area contributed by atoms with Gasteiger partial charge in [0.15, 0.2) is 5.69 Å². The van der Waals surface area contributed by atoms with Crippen LogP contribution in [0.3, 0.4) is 0 Å². The highest BCUT2D eigenvalue weighted by Crippen LogP contribution is 2.19. The molecule has 0 spiro atoms. The summed E-state index contributed by atoms with van der Waals surface area (Å²) in [6.07, 6.45) is 3.54. The number of pyridine rings is 1. The number of carbonyl (C=O) groups excluding carboxylic acids is 1. The Morgan fingerprint density at radius 2 is 1.93 bits per heavy atom. The number of benzene rings is 1. The molecule has 0 saturated carbocycles. The van der Waals surface area contributed by atoms with Crippen molar-refractivity contribution in [2.45, 2.75) is 25.8 Å². The third-order valence-corrected chi connectivity index (χ3v) is 5.16. The van der Waals surface area contributed by atoms with Crippen LogP contribution >= 0.6 is 11.6 Å². The highest BCUT2D eigenvalue weighted by atomic mass is 35.5. The van der Waals surface area contributed by atoms with E-state index >= 15 is 0 Å². The SMILES string of the molecule is Cc1cccc(N2CCC(NC(=O)c3ccn(-c4cccc(Cl)c4)n3)CC2)n1. The Labute approximate surface area is 169 Å². The number of hydrogen-bond donors (Lipinski definition) is 1. The molecule has 7 heteroatoms. The summed E-state index contributed by atoms with van der Waals surface area (Å²) in [5.41, 5.74) is 2.25. The van der Waals surface area contributed by atoms with Gasteiger partial charge in [-0.15, -0.1) is 0 Å². The number of nitrogens with zero attached hydrogens (tertiary/aromatic N) is 4. The molecule has 1 aliphatic heterocycles. The van der Waals surface area contributed by atoms with Gasteiger partial charge in [-0.05, 0) is 56.2 Å². The van der Waals surface area contributed by atoms with Crippen LogP contribution in [0.25, 0.3) is 5.69 Å². The number of amides is 1. The first-order valence-electron chi connectivity index (χ1n) is 9.39. The maximum Gasteiger partial charge on any atom is 0.272 e. The normalized spacial score (nSPS) is 14.9. The molecular weight excluding hydrogens is 374 g/mol. The predicted octanol–water partition coefficient (Wildman–Crippen LogP) is 3.63. The Hall–Kier alpha value is -2.86. The Morgan fingerprint density at radius 3 is 2.68 bits per heavy atom. The summed E-state index contributed by atoms with van der Waals surface area (Å²) in [5.74, 6) is 0.859. The molecule has 1 amide bonds. The Balaban J connectivity index is 1.35. The first-order chi connectivity index (χ1) is 13.6. The molecule has 0 unspecified atom stereocenters. The molecular formula is C21H22ClN5O. The number of rotatable bonds is 4. The smallest absolute Gasteiger partial charge is 0.272 e. The van der Waals surface area contributed by atoms with Crippen LogP contribution in [0.15, 0.2) is 54.7 Å². The van der Waals surface area contributed by atoms with Gasteiger partial charge in [0.1, 0.15) is 5.82 Å². The van der Waals surface area contributed by atoms with E-state index in [1.54, 1.807) is 23.0 Å². The number of carbonyl (C=O) groups is 1. The van der Waals surface area contributed by atoms with Crippen molar-refractivity contribution >= 4 is 23.3 Å². The van der Waals surface area contributed by atoms with Crippen molar-refractivity contribution in [1.82, 2.24) is 20.1 Å². The van der Waals surface area contributed by atoms with Crippen molar-refractivity contribution in [2.75, 3.05) is 18.0 Å². The molecule has 6 nitrogen and oxygen atoms in total. The van der Waals surface area contributed by atoms with Crippen molar-refractivity contribution in [3.8, 4) is 5.69 Å². The van der Waals surface area contributed by atoms with Crippen LogP contribution in [-0.4, -0.2) is 39.8 Å². The molecule has 1 aromatic carbocycles. The van der Waals surface area contributed by atoms with Crippen molar-refractivity contribution in [1.29, 1.82) is 0 Å². The van der Waals surface area contributed by atoms with Gasteiger partial charge < -0.3 is 10.2 Å². The number of hydrogen-bond acceptors (Lipinski definition) is 4. The standard InChI is InChI=1S/C21H22ClN5O/c1-15-4-2-7-20(23-15)26-11-8-17(9-12-26)24-21(28)19-10-13-27(25-19)18-6-3-5-16(22)14-18/h2-7,10,13-14,17H,8-9,11-12H2,1H3,(H,24,28). The lowest BCUT2D eigenvalue weighted by atomic mass is 10.0. The molecule has 28 heavy (non-hydrogen) atoms. The molecule has 0 bridgehead atoms. The van der Waals surface area contributed by atoms with E-state index in [2.05, 4.69) is 20.3 Å². The van der Waals surface area contributed by atoms with E-state index in [1.807, 2.05) is 43.3 Å². The Morgan fingerprint density at radius 1 is 1.14 bits per heavy atom. The number of halogens is 1. The maximum atomic E-state index is 12.6. The van der Waals surface area contributed by atoms with E-state index < -0.39 is 0 Å². The molecule has 1 saturated heterocycles. The molecule has 0 radical (unpaired) electrons. The van der Waals surface area contributed by atoms with E-state index in [-0.39, 0.29) is 11.9 Å². The van der Waals surface area contributed by atoms with Gasteiger partial charge in [0.05, 0.1) is 5.69 Å². The van der Waals surface area contributed by atoms with E-state index in [1.165, 1.54) is 0 Å². The highest BCUT2D eigenvalue weighted by Gasteiger charge is 2.22. The molecule has 144 valence electrons. The largest absolute Gasteiger partial charge is 0.356 e. The molecule has 2 aromatic heterocycles. The van der Waals surface area contributed by atoms with E-state index in [9.17, 15) is 4.79 Å². The van der Waals surface area contributed by atoms with Gasteiger partial charge in [-0.1, -0.05) is 23.7 Å². The van der Waals surface area contributed by atoms with Crippen molar-refractivity contribution < 1.29 is 4.79 Å². The van der Waals surface area contributed by atoms with Crippen LogP contribution in [-0.2, 0) is 0 Å².